The molecule has 0 radical (unpaired) electrons. The van der Waals surface area contributed by atoms with Crippen molar-refractivity contribution < 1.29 is 25.2 Å². The predicted molar refractivity (Wildman–Crippen MR) is 39.1 cm³/mol. The number of aliphatic hydroxyl groups is 4. The maximum atomic E-state index is 9.32. The average molecular weight is 178 g/mol. The molecule has 1 aliphatic rings. The van der Waals surface area contributed by atoms with E-state index in [9.17, 15) is 10.2 Å². The minimum Gasteiger partial charge on any atom is -0.394 e. The highest BCUT2D eigenvalue weighted by Gasteiger charge is 2.40. The van der Waals surface area contributed by atoms with E-state index in [-0.39, 0.29) is 0 Å². The minimum atomic E-state index is -1.13. The topological polar surface area (TPSA) is 90.2 Å². The summed E-state index contributed by atoms with van der Waals surface area (Å²) in [6, 6.07) is 0. The Bertz CT molecular complexity index is 146. The van der Waals surface area contributed by atoms with E-state index in [1.54, 1.807) is 6.92 Å². The Labute approximate surface area is 70.2 Å². The van der Waals surface area contributed by atoms with Gasteiger partial charge in [-0.05, 0) is 0 Å². The molecule has 0 aromatic rings. The Morgan fingerprint density at radius 3 is 2.25 bits per heavy atom. The van der Waals surface area contributed by atoms with Gasteiger partial charge in [0, 0.05) is 5.92 Å². The van der Waals surface area contributed by atoms with Crippen LogP contribution < -0.4 is 0 Å². The fourth-order valence-corrected chi connectivity index (χ4v) is 1.23. The van der Waals surface area contributed by atoms with Crippen LogP contribution in [0.15, 0.2) is 0 Å². The second kappa shape index (κ2) is 3.68. The van der Waals surface area contributed by atoms with Gasteiger partial charge in [0.2, 0.25) is 0 Å². The monoisotopic (exact) mass is 178 g/mol. The van der Waals surface area contributed by atoms with Gasteiger partial charge in [0.25, 0.3) is 0 Å². The molecule has 0 saturated carbocycles. The van der Waals surface area contributed by atoms with E-state index in [0.717, 1.165) is 0 Å². The molecule has 5 nitrogen and oxygen atoms in total. The molecule has 5 atom stereocenters. The van der Waals surface area contributed by atoms with Gasteiger partial charge in [-0.2, -0.15) is 0 Å². The van der Waals surface area contributed by atoms with Crippen LogP contribution in [0.5, 0.6) is 0 Å². The SMILES string of the molecule is C[C@@H]1C(O)O[C@H](CO)[C@H](O)[C@@H]1O. The molecule has 1 unspecified atom stereocenters. The van der Waals surface area contributed by atoms with Crippen molar-refractivity contribution >= 4 is 0 Å². The van der Waals surface area contributed by atoms with Crippen LogP contribution in [0.25, 0.3) is 0 Å². The summed E-state index contributed by atoms with van der Waals surface area (Å²) in [6.45, 7) is 1.15. The number of aliphatic hydroxyl groups excluding tert-OH is 4. The summed E-state index contributed by atoms with van der Waals surface area (Å²) >= 11 is 0. The highest BCUT2D eigenvalue weighted by atomic mass is 16.6. The van der Waals surface area contributed by atoms with Crippen LogP contribution >= 0.6 is 0 Å². The zero-order valence-electron chi connectivity index (χ0n) is 6.79. The van der Waals surface area contributed by atoms with Gasteiger partial charge in [-0.1, -0.05) is 6.92 Å². The summed E-state index contributed by atoms with van der Waals surface area (Å²) in [5.74, 6) is -0.539. The van der Waals surface area contributed by atoms with Crippen LogP contribution in [0.1, 0.15) is 6.92 Å². The largest absolute Gasteiger partial charge is 0.394 e. The number of rotatable bonds is 1. The Balaban J connectivity index is 2.63. The first-order chi connectivity index (χ1) is 5.57. The van der Waals surface area contributed by atoms with Crippen molar-refractivity contribution in [3.63, 3.8) is 0 Å². The molecule has 0 aliphatic carbocycles. The molecule has 0 amide bonds. The third-order valence-electron chi connectivity index (χ3n) is 2.21. The second-order valence-electron chi connectivity index (χ2n) is 3.09. The van der Waals surface area contributed by atoms with Crippen molar-refractivity contribution in [1.82, 2.24) is 0 Å². The van der Waals surface area contributed by atoms with Gasteiger partial charge in [0.05, 0.1) is 12.7 Å². The van der Waals surface area contributed by atoms with Crippen LogP contribution in [-0.2, 0) is 4.74 Å². The van der Waals surface area contributed by atoms with Crippen LogP contribution in [0.3, 0.4) is 0 Å². The van der Waals surface area contributed by atoms with E-state index >= 15 is 0 Å². The molecule has 0 aromatic carbocycles. The van der Waals surface area contributed by atoms with Crippen molar-refractivity contribution in [3.05, 3.63) is 0 Å². The van der Waals surface area contributed by atoms with Gasteiger partial charge >= 0.3 is 0 Å². The van der Waals surface area contributed by atoms with Crippen molar-refractivity contribution in [2.45, 2.75) is 31.5 Å². The lowest BCUT2D eigenvalue weighted by atomic mass is 9.93. The zero-order chi connectivity index (χ0) is 9.30. The molecular weight excluding hydrogens is 164 g/mol. The highest BCUT2D eigenvalue weighted by Crippen LogP contribution is 2.23. The molecular formula is C7H14O5. The van der Waals surface area contributed by atoms with E-state index < -0.39 is 37.1 Å². The van der Waals surface area contributed by atoms with Gasteiger partial charge in [-0.3, -0.25) is 0 Å². The fourth-order valence-electron chi connectivity index (χ4n) is 1.23. The Morgan fingerprint density at radius 2 is 1.75 bits per heavy atom. The van der Waals surface area contributed by atoms with E-state index in [4.69, 9.17) is 14.9 Å². The summed E-state index contributed by atoms with van der Waals surface area (Å²) in [4.78, 5) is 0. The summed E-state index contributed by atoms with van der Waals surface area (Å²) in [6.07, 6.45) is -4.20. The van der Waals surface area contributed by atoms with E-state index in [1.807, 2.05) is 0 Å². The van der Waals surface area contributed by atoms with Crippen molar-refractivity contribution in [2.24, 2.45) is 5.92 Å². The first-order valence-electron chi connectivity index (χ1n) is 3.88. The van der Waals surface area contributed by atoms with Gasteiger partial charge < -0.3 is 25.2 Å². The highest BCUT2D eigenvalue weighted by molar-refractivity contribution is 4.86. The lowest BCUT2D eigenvalue weighted by Gasteiger charge is -2.38. The Hall–Kier alpha value is -0.200. The van der Waals surface area contributed by atoms with E-state index in [0.29, 0.717) is 0 Å². The van der Waals surface area contributed by atoms with Crippen LogP contribution in [-0.4, -0.2) is 51.6 Å². The average Bonchev–Trinajstić information content (AvgIpc) is 2.08. The number of hydrogen-bond acceptors (Lipinski definition) is 5. The van der Waals surface area contributed by atoms with Gasteiger partial charge in [-0.15, -0.1) is 0 Å². The second-order valence-corrected chi connectivity index (χ2v) is 3.09. The molecule has 0 bridgehead atoms. The van der Waals surface area contributed by atoms with Gasteiger partial charge in [0.15, 0.2) is 6.29 Å². The fraction of sp³-hybridized carbons (Fsp3) is 1.00. The van der Waals surface area contributed by atoms with Crippen LogP contribution in [0.4, 0.5) is 0 Å². The third kappa shape index (κ3) is 1.60. The molecule has 1 fully saturated rings. The summed E-state index contributed by atoms with van der Waals surface area (Å²) < 4.78 is 4.83. The molecule has 1 saturated heterocycles. The van der Waals surface area contributed by atoms with E-state index in [2.05, 4.69) is 0 Å². The molecule has 5 heteroatoms. The summed E-state index contributed by atoms with van der Waals surface area (Å²) in [5.41, 5.74) is 0. The quantitative estimate of drug-likeness (QED) is 0.375. The predicted octanol–water partition coefficient (Wildman–Crippen LogP) is -1.95. The van der Waals surface area contributed by atoms with Gasteiger partial charge in [-0.25, -0.2) is 0 Å². The summed E-state index contributed by atoms with van der Waals surface area (Å²) in [7, 11) is 0. The van der Waals surface area contributed by atoms with Crippen LogP contribution in [0, 0.1) is 5.92 Å². The Morgan fingerprint density at radius 1 is 1.17 bits per heavy atom. The lowest BCUT2D eigenvalue weighted by Crippen LogP contribution is -2.54. The first-order valence-corrected chi connectivity index (χ1v) is 3.88. The van der Waals surface area contributed by atoms with Gasteiger partial charge in [0.1, 0.15) is 12.2 Å². The van der Waals surface area contributed by atoms with Crippen molar-refractivity contribution in [2.75, 3.05) is 6.61 Å². The molecule has 0 spiro atoms. The molecule has 1 rings (SSSR count). The molecule has 72 valence electrons. The maximum absolute atomic E-state index is 9.32. The minimum absolute atomic E-state index is 0.415. The molecule has 1 aliphatic heterocycles. The lowest BCUT2D eigenvalue weighted by molar-refractivity contribution is -0.266. The smallest absolute Gasteiger partial charge is 0.160 e. The van der Waals surface area contributed by atoms with Crippen LogP contribution in [0.2, 0.25) is 0 Å². The molecule has 1 heterocycles. The first kappa shape index (κ1) is 9.88. The molecule has 4 N–H and O–H groups in total. The van der Waals surface area contributed by atoms with Crippen molar-refractivity contribution in [1.29, 1.82) is 0 Å². The number of hydrogen-bond donors (Lipinski definition) is 4. The molecule has 12 heavy (non-hydrogen) atoms. The Kier molecular flexibility index (Phi) is 3.03. The standard InChI is InChI=1S/C7H14O5/c1-3-5(9)6(10)4(2-8)12-7(3)11/h3-11H,2H2,1H3/t3-,4+,5+,6-,7?/m0/s1. The van der Waals surface area contributed by atoms with Crippen molar-refractivity contribution in [3.8, 4) is 0 Å². The van der Waals surface area contributed by atoms with E-state index in [1.165, 1.54) is 0 Å². The number of ether oxygens (including phenoxy) is 1. The summed E-state index contributed by atoms with van der Waals surface area (Å²) in [5, 5.41) is 36.4. The normalized spacial score (nSPS) is 49.2. The third-order valence-corrected chi connectivity index (χ3v) is 2.21. The maximum Gasteiger partial charge on any atom is 0.160 e. The molecule has 0 aromatic heterocycles. The zero-order valence-corrected chi connectivity index (χ0v) is 6.79.